The first-order valence-electron chi connectivity index (χ1n) is 7.07. The minimum Gasteiger partial charge on any atom is -0.477 e. The van der Waals surface area contributed by atoms with Gasteiger partial charge < -0.3 is 10.0 Å². The lowest BCUT2D eigenvalue weighted by Crippen LogP contribution is -2.32. The van der Waals surface area contributed by atoms with Gasteiger partial charge in [-0.3, -0.25) is 0 Å². The van der Waals surface area contributed by atoms with Crippen LogP contribution in [0.25, 0.3) is 0 Å². The van der Waals surface area contributed by atoms with Crippen LogP contribution in [-0.2, 0) is 0 Å². The summed E-state index contributed by atoms with van der Waals surface area (Å²) in [5.74, 6) is 0.357. The van der Waals surface area contributed by atoms with E-state index in [0.717, 1.165) is 36.1 Å². The SMILES string of the molecule is CC(C)N(CC1CC1)c1nc(C2CC2)c(C(=O)O)s1. The molecule has 1 aromatic heterocycles. The summed E-state index contributed by atoms with van der Waals surface area (Å²) in [6.07, 6.45) is 4.78. The van der Waals surface area contributed by atoms with Crippen molar-refractivity contribution in [3.8, 4) is 0 Å². The van der Waals surface area contributed by atoms with E-state index in [0.29, 0.717) is 16.8 Å². The number of aromatic carboxylic acids is 1. The number of carbonyl (C=O) groups is 1. The molecule has 2 fully saturated rings. The maximum Gasteiger partial charge on any atom is 0.347 e. The van der Waals surface area contributed by atoms with Crippen LogP contribution in [-0.4, -0.2) is 28.6 Å². The van der Waals surface area contributed by atoms with Crippen LogP contribution < -0.4 is 4.90 Å². The van der Waals surface area contributed by atoms with Crippen molar-refractivity contribution < 1.29 is 9.90 Å². The molecule has 0 bridgehead atoms. The minimum absolute atomic E-state index is 0.375. The summed E-state index contributed by atoms with van der Waals surface area (Å²) in [7, 11) is 0. The number of aromatic nitrogens is 1. The van der Waals surface area contributed by atoms with Crippen LogP contribution >= 0.6 is 11.3 Å². The fourth-order valence-corrected chi connectivity index (χ4v) is 3.45. The number of rotatable bonds is 6. The summed E-state index contributed by atoms with van der Waals surface area (Å²) in [6, 6.07) is 0.375. The molecular formula is C14H20N2O2S. The predicted molar refractivity (Wildman–Crippen MR) is 76.3 cm³/mol. The normalized spacial score (nSPS) is 18.9. The smallest absolute Gasteiger partial charge is 0.347 e. The Morgan fingerprint density at radius 3 is 2.58 bits per heavy atom. The Balaban J connectivity index is 1.88. The van der Waals surface area contributed by atoms with Crippen LogP contribution in [0.15, 0.2) is 0 Å². The molecule has 4 nitrogen and oxygen atoms in total. The van der Waals surface area contributed by atoms with Crippen molar-refractivity contribution in [1.29, 1.82) is 0 Å². The standard InChI is InChI=1S/C14H20N2O2S/c1-8(2)16(7-9-3-4-9)14-15-11(10-5-6-10)12(19-14)13(17)18/h8-10H,3-7H2,1-2H3,(H,17,18). The van der Waals surface area contributed by atoms with Gasteiger partial charge in [-0.05, 0) is 45.4 Å². The largest absolute Gasteiger partial charge is 0.477 e. The zero-order chi connectivity index (χ0) is 13.6. The van der Waals surface area contributed by atoms with Crippen LogP contribution in [0.1, 0.15) is 60.8 Å². The third-order valence-corrected chi connectivity index (χ3v) is 4.92. The molecule has 3 rings (SSSR count). The number of carboxylic acids is 1. The van der Waals surface area contributed by atoms with Gasteiger partial charge in [-0.25, -0.2) is 9.78 Å². The molecule has 1 aromatic rings. The zero-order valence-electron chi connectivity index (χ0n) is 11.4. The lowest BCUT2D eigenvalue weighted by molar-refractivity contribution is 0.0700. The third kappa shape index (κ3) is 2.76. The number of thiazole rings is 1. The maximum absolute atomic E-state index is 11.3. The van der Waals surface area contributed by atoms with Gasteiger partial charge >= 0.3 is 5.97 Å². The first kappa shape index (κ1) is 12.9. The van der Waals surface area contributed by atoms with Gasteiger partial charge in [0.1, 0.15) is 4.88 Å². The van der Waals surface area contributed by atoms with Gasteiger partial charge in [0.2, 0.25) is 0 Å². The van der Waals surface area contributed by atoms with E-state index in [2.05, 4.69) is 23.7 Å². The molecule has 19 heavy (non-hydrogen) atoms. The van der Waals surface area contributed by atoms with Gasteiger partial charge in [-0.15, -0.1) is 0 Å². The minimum atomic E-state index is -0.819. The van der Waals surface area contributed by atoms with Crippen LogP contribution in [0.4, 0.5) is 5.13 Å². The molecule has 0 amide bonds. The molecule has 0 aliphatic heterocycles. The highest BCUT2D eigenvalue weighted by atomic mass is 32.1. The Morgan fingerprint density at radius 2 is 2.11 bits per heavy atom. The monoisotopic (exact) mass is 280 g/mol. The highest BCUT2D eigenvalue weighted by Gasteiger charge is 2.34. The van der Waals surface area contributed by atoms with Gasteiger partial charge in [-0.2, -0.15) is 0 Å². The van der Waals surface area contributed by atoms with Crippen molar-refractivity contribution in [1.82, 2.24) is 4.98 Å². The van der Waals surface area contributed by atoms with Gasteiger partial charge in [0, 0.05) is 18.5 Å². The average Bonchev–Trinajstić information content (AvgIpc) is 3.25. The molecule has 0 radical (unpaired) electrons. The average molecular weight is 280 g/mol. The van der Waals surface area contributed by atoms with E-state index in [-0.39, 0.29) is 0 Å². The number of anilines is 1. The van der Waals surface area contributed by atoms with Crippen molar-refractivity contribution in [2.75, 3.05) is 11.4 Å². The molecule has 2 aliphatic rings. The topological polar surface area (TPSA) is 53.4 Å². The van der Waals surface area contributed by atoms with E-state index in [1.165, 1.54) is 24.2 Å². The Kier molecular flexibility index (Phi) is 3.25. The molecule has 0 atom stereocenters. The van der Waals surface area contributed by atoms with Gasteiger partial charge in [0.25, 0.3) is 0 Å². The van der Waals surface area contributed by atoms with E-state index in [9.17, 15) is 9.90 Å². The fraction of sp³-hybridized carbons (Fsp3) is 0.714. The molecule has 5 heteroatoms. The molecule has 1 heterocycles. The van der Waals surface area contributed by atoms with Crippen molar-refractivity contribution in [3.05, 3.63) is 10.6 Å². The second kappa shape index (κ2) is 4.78. The van der Waals surface area contributed by atoms with Crippen molar-refractivity contribution in [2.45, 2.75) is 51.5 Å². The molecule has 0 spiro atoms. The molecule has 104 valence electrons. The molecule has 2 saturated carbocycles. The second-order valence-electron chi connectivity index (χ2n) is 5.98. The summed E-state index contributed by atoms with van der Waals surface area (Å²) >= 11 is 1.36. The molecule has 0 aromatic carbocycles. The maximum atomic E-state index is 11.3. The number of hydrogen-bond donors (Lipinski definition) is 1. The zero-order valence-corrected chi connectivity index (χ0v) is 12.2. The fourth-order valence-electron chi connectivity index (χ4n) is 2.32. The molecule has 0 unspecified atom stereocenters. The van der Waals surface area contributed by atoms with Crippen molar-refractivity contribution in [2.24, 2.45) is 5.92 Å². The van der Waals surface area contributed by atoms with Crippen molar-refractivity contribution >= 4 is 22.4 Å². The lowest BCUT2D eigenvalue weighted by atomic mass is 10.2. The van der Waals surface area contributed by atoms with E-state index < -0.39 is 5.97 Å². The van der Waals surface area contributed by atoms with E-state index in [1.807, 2.05) is 0 Å². The highest BCUT2D eigenvalue weighted by Crippen LogP contribution is 2.44. The Bertz CT molecular complexity index is 490. The summed E-state index contributed by atoms with van der Waals surface area (Å²) in [4.78, 5) is 18.7. The summed E-state index contributed by atoms with van der Waals surface area (Å²) < 4.78 is 0. The quantitative estimate of drug-likeness (QED) is 0.868. The lowest BCUT2D eigenvalue weighted by Gasteiger charge is -2.26. The number of carboxylic acid groups (broad SMARTS) is 1. The number of nitrogens with zero attached hydrogens (tertiary/aromatic N) is 2. The van der Waals surface area contributed by atoms with E-state index in [4.69, 9.17) is 0 Å². The summed E-state index contributed by atoms with van der Waals surface area (Å²) in [5.41, 5.74) is 0.828. The van der Waals surface area contributed by atoms with E-state index in [1.54, 1.807) is 0 Å². The van der Waals surface area contributed by atoms with E-state index >= 15 is 0 Å². The Hall–Kier alpha value is -1.10. The molecule has 2 aliphatic carbocycles. The second-order valence-corrected chi connectivity index (χ2v) is 6.96. The third-order valence-electron chi connectivity index (χ3n) is 3.82. The number of hydrogen-bond acceptors (Lipinski definition) is 4. The van der Waals surface area contributed by atoms with Crippen LogP contribution in [0, 0.1) is 5.92 Å². The van der Waals surface area contributed by atoms with Gasteiger partial charge in [-0.1, -0.05) is 11.3 Å². The first-order chi connectivity index (χ1) is 9.06. The Labute approximate surface area is 117 Å². The Morgan fingerprint density at radius 1 is 1.42 bits per heavy atom. The van der Waals surface area contributed by atoms with Crippen LogP contribution in [0.5, 0.6) is 0 Å². The van der Waals surface area contributed by atoms with Crippen LogP contribution in [0.2, 0.25) is 0 Å². The predicted octanol–water partition coefficient (Wildman–Crippen LogP) is 3.34. The summed E-state index contributed by atoms with van der Waals surface area (Å²) in [6.45, 7) is 5.33. The highest BCUT2D eigenvalue weighted by molar-refractivity contribution is 7.17. The first-order valence-corrected chi connectivity index (χ1v) is 7.88. The molecule has 1 N–H and O–H groups in total. The summed E-state index contributed by atoms with van der Waals surface area (Å²) in [5, 5.41) is 10.2. The van der Waals surface area contributed by atoms with Gasteiger partial charge in [0.15, 0.2) is 5.13 Å². The van der Waals surface area contributed by atoms with Crippen LogP contribution in [0.3, 0.4) is 0 Å². The van der Waals surface area contributed by atoms with Gasteiger partial charge in [0.05, 0.1) is 5.69 Å². The molecular weight excluding hydrogens is 260 g/mol. The molecule has 0 saturated heterocycles. The van der Waals surface area contributed by atoms with Crippen molar-refractivity contribution in [3.63, 3.8) is 0 Å².